The van der Waals surface area contributed by atoms with Gasteiger partial charge in [-0.1, -0.05) is 60.7 Å². The monoisotopic (exact) mass is 346 g/mol. The quantitative estimate of drug-likeness (QED) is 0.469. The van der Waals surface area contributed by atoms with Crippen LogP contribution in [0.1, 0.15) is 36.7 Å². The number of aldehydes is 1. The average molecular weight is 346 g/mol. The predicted molar refractivity (Wildman–Crippen MR) is 104 cm³/mol. The van der Waals surface area contributed by atoms with E-state index in [1.807, 2.05) is 75.4 Å². The van der Waals surface area contributed by atoms with Gasteiger partial charge in [0, 0.05) is 5.56 Å². The molecule has 0 N–H and O–H groups in total. The topological polar surface area (TPSA) is 43.4 Å². The Bertz CT molecular complexity index is 965. The highest BCUT2D eigenvalue weighted by molar-refractivity contribution is 6.02. The van der Waals surface area contributed by atoms with Crippen LogP contribution in [-0.2, 0) is 16.1 Å². The largest absolute Gasteiger partial charge is 0.460 e. The van der Waals surface area contributed by atoms with E-state index in [1.54, 1.807) is 6.07 Å². The molecule has 0 heterocycles. The van der Waals surface area contributed by atoms with Crippen LogP contribution in [0, 0.1) is 5.41 Å². The lowest BCUT2D eigenvalue weighted by molar-refractivity contribution is -0.154. The number of benzene rings is 3. The summed E-state index contributed by atoms with van der Waals surface area (Å²) in [5.74, 6) is -0.250. The van der Waals surface area contributed by atoms with Crippen LogP contribution < -0.4 is 0 Å². The second-order valence-electron chi connectivity index (χ2n) is 7.35. The number of hydrogen-bond donors (Lipinski definition) is 0. The van der Waals surface area contributed by atoms with Gasteiger partial charge in [0.05, 0.1) is 5.41 Å². The fourth-order valence-corrected chi connectivity index (χ4v) is 2.94. The standard InChI is InChI=1S/C23H22O3/c1-23(2,3)22(25)26-15-18-13-12-16-8-4-6-10-19(16)21(18)20-11-7-5-9-17(20)14-24/h4-14H,15H2,1-3H3. The predicted octanol–water partition coefficient (Wildman–Crippen LogP) is 5.41. The minimum Gasteiger partial charge on any atom is -0.460 e. The average Bonchev–Trinajstić information content (AvgIpc) is 2.64. The van der Waals surface area contributed by atoms with Gasteiger partial charge in [0.25, 0.3) is 0 Å². The van der Waals surface area contributed by atoms with Crippen LogP contribution in [0.2, 0.25) is 0 Å². The highest BCUT2D eigenvalue weighted by Gasteiger charge is 2.23. The SMILES string of the molecule is CC(C)(C)C(=O)OCc1ccc2ccccc2c1-c1ccccc1C=O. The molecule has 3 heteroatoms. The molecule has 0 saturated carbocycles. The molecule has 0 bridgehead atoms. The summed E-state index contributed by atoms with van der Waals surface area (Å²) in [5.41, 5.74) is 2.73. The summed E-state index contributed by atoms with van der Waals surface area (Å²) in [5, 5.41) is 2.11. The number of esters is 1. The molecular weight excluding hydrogens is 324 g/mol. The number of carbonyl (C=O) groups excluding carboxylic acids is 2. The van der Waals surface area contributed by atoms with Crippen molar-refractivity contribution in [1.29, 1.82) is 0 Å². The maximum atomic E-state index is 12.2. The minimum atomic E-state index is -0.558. The molecule has 0 radical (unpaired) electrons. The summed E-state index contributed by atoms with van der Waals surface area (Å²) >= 11 is 0. The van der Waals surface area contributed by atoms with Crippen LogP contribution in [0.4, 0.5) is 0 Å². The van der Waals surface area contributed by atoms with Crippen molar-refractivity contribution in [3.63, 3.8) is 0 Å². The van der Waals surface area contributed by atoms with E-state index in [2.05, 4.69) is 0 Å². The molecule has 3 nitrogen and oxygen atoms in total. The molecule has 0 unspecified atom stereocenters. The Morgan fingerprint density at radius 2 is 1.65 bits per heavy atom. The van der Waals surface area contributed by atoms with Gasteiger partial charge < -0.3 is 4.74 Å². The molecule has 0 aliphatic rings. The van der Waals surface area contributed by atoms with Gasteiger partial charge in [-0.3, -0.25) is 9.59 Å². The summed E-state index contributed by atoms with van der Waals surface area (Å²) < 4.78 is 5.55. The Balaban J connectivity index is 2.15. The van der Waals surface area contributed by atoms with Crippen molar-refractivity contribution < 1.29 is 14.3 Å². The molecule has 0 amide bonds. The van der Waals surface area contributed by atoms with Gasteiger partial charge in [-0.15, -0.1) is 0 Å². The number of carbonyl (C=O) groups is 2. The normalized spacial score (nSPS) is 11.3. The van der Waals surface area contributed by atoms with Crippen LogP contribution in [-0.4, -0.2) is 12.3 Å². The Morgan fingerprint density at radius 3 is 2.38 bits per heavy atom. The molecule has 0 saturated heterocycles. The molecule has 0 atom stereocenters. The summed E-state index contributed by atoms with van der Waals surface area (Å²) in [6, 6.07) is 19.5. The van der Waals surface area contributed by atoms with Gasteiger partial charge in [0.1, 0.15) is 6.61 Å². The van der Waals surface area contributed by atoms with E-state index >= 15 is 0 Å². The molecular formula is C23H22O3. The zero-order valence-corrected chi connectivity index (χ0v) is 15.3. The number of hydrogen-bond acceptors (Lipinski definition) is 3. The lowest BCUT2D eigenvalue weighted by Gasteiger charge is -2.19. The second kappa shape index (κ2) is 7.12. The minimum absolute atomic E-state index is 0.170. The lowest BCUT2D eigenvalue weighted by Crippen LogP contribution is -2.22. The van der Waals surface area contributed by atoms with Crippen molar-refractivity contribution in [1.82, 2.24) is 0 Å². The fraction of sp³-hybridized carbons (Fsp3) is 0.217. The van der Waals surface area contributed by atoms with Gasteiger partial charge in [-0.2, -0.15) is 0 Å². The molecule has 0 fully saturated rings. The van der Waals surface area contributed by atoms with Crippen molar-refractivity contribution in [3.8, 4) is 11.1 Å². The van der Waals surface area contributed by atoms with Crippen LogP contribution >= 0.6 is 0 Å². The first kappa shape index (κ1) is 17.9. The highest BCUT2D eigenvalue weighted by Crippen LogP contribution is 2.34. The molecule has 26 heavy (non-hydrogen) atoms. The summed E-state index contributed by atoms with van der Waals surface area (Å²) in [6.45, 7) is 5.67. The van der Waals surface area contributed by atoms with E-state index in [9.17, 15) is 9.59 Å². The van der Waals surface area contributed by atoms with E-state index in [4.69, 9.17) is 4.74 Å². The van der Waals surface area contributed by atoms with E-state index in [-0.39, 0.29) is 12.6 Å². The maximum absolute atomic E-state index is 12.2. The number of fused-ring (bicyclic) bond motifs is 1. The molecule has 3 aromatic rings. The Kier molecular flexibility index (Phi) is 4.90. The molecule has 0 aromatic heterocycles. The smallest absolute Gasteiger partial charge is 0.311 e. The summed E-state index contributed by atoms with van der Waals surface area (Å²) in [4.78, 5) is 23.8. The zero-order chi connectivity index (χ0) is 18.7. The fourth-order valence-electron chi connectivity index (χ4n) is 2.94. The van der Waals surface area contributed by atoms with Crippen molar-refractivity contribution in [2.45, 2.75) is 27.4 Å². The summed E-state index contributed by atoms with van der Waals surface area (Å²) in [6.07, 6.45) is 0.863. The molecule has 0 aliphatic heterocycles. The molecule has 3 aromatic carbocycles. The Morgan fingerprint density at radius 1 is 0.962 bits per heavy atom. The van der Waals surface area contributed by atoms with Gasteiger partial charge in [0.2, 0.25) is 0 Å². The van der Waals surface area contributed by atoms with Gasteiger partial charge >= 0.3 is 5.97 Å². The second-order valence-corrected chi connectivity index (χ2v) is 7.35. The first-order valence-corrected chi connectivity index (χ1v) is 8.64. The van der Waals surface area contributed by atoms with Crippen LogP contribution in [0.25, 0.3) is 21.9 Å². The lowest BCUT2D eigenvalue weighted by atomic mass is 9.91. The Labute approximate surface area is 153 Å². The molecule has 0 spiro atoms. The number of rotatable bonds is 4. The van der Waals surface area contributed by atoms with Crippen molar-refractivity contribution in [2.75, 3.05) is 0 Å². The summed E-state index contributed by atoms with van der Waals surface area (Å²) in [7, 11) is 0. The van der Waals surface area contributed by atoms with Gasteiger partial charge in [-0.25, -0.2) is 0 Å². The molecule has 3 rings (SSSR count). The third kappa shape index (κ3) is 3.52. The van der Waals surface area contributed by atoms with E-state index < -0.39 is 5.41 Å². The van der Waals surface area contributed by atoms with Gasteiger partial charge in [-0.05, 0) is 48.2 Å². The first-order valence-electron chi connectivity index (χ1n) is 8.64. The van der Waals surface area contributed by atoms with E-state index in [0.29, 0.717) is 5.56 Å². The zero-order valence-electron chi connectivity index (χ0n) is 15.3. The highest BCUT2D eigenvalue weighted by atomic mass is 16.5. The van der Waals surface area contributed by atoms with Crippen LogP contribution in [0.15, 0.2) is 60.7 Å². The van der Waals surface area contributed by atoms with Crippen molar-refractivity contribution in [2.24, 2.45) is 5.41 Å². The van der Waals surface area contributed by atoms with E-state index in [1.165, 1.54) is 0 Å². The first-order chi connectivity index (χ1) is 12.4. The molecule has 132 valence electrons. The molecule has 0 aliphatic carbocycles. The van der Waals surface area contributed by atoms with Gasteiger partial charge in [0.15, 0.2) is 6.29 Å². The number of ether oxygens (including phenoxy) is 1. The third-order valence-electron chi connectivity index (χ3n) is 4.34. The van der Waals surface area contributed by atoms with Crippen molar-refractivity contribution >= 4 is 23.0 Å². The Hall–Kier alpha value is -2.94. The van der Waals surface area contributed by atoms with Crippen LogP contribution in [0.3, 0.4) is 0 Å². The van der Waals surface area contributed by atoms with Crippen molar-refractivity contribution in [3.05, 3.63) is 71.8 Å². The van der Waals surface area contributed by atoms with Crippen LogP contribution in [0.5, 0.6) is 0 Å². The third-order valence-corrected chi connectivity index (χ3v) is 4.34. The van der Waals surface area contributed by atoms with E-state index in [0.717, 1.165) is 33.7 Å². The maximum Gasteiger partial charge on any atom is 0.311 e.